The fourth-order valence-electron chi connectivity index (χ4n) is 2.58. The van der Waals surface area contributed by atoms with Crippen LogP contribution in [0.2, 0.25) is 0 Å². The van der Waals surface area contributed by atoms with E-state index in [0.717, 1.165) is 8.95 Å². The van der Waals surface area contributed by atoms with Crippen molar-refractivity contribution >= 4 is 67.0 Å². The van der Waals surface area contributed by atoms with Gasteiger partial charge in [-0.1, -0.05) is 31.9 Å². The van der Waals surface area contributed by atoms with Crippen LogP contribution in [0.5, 0.6) is 0 Å². The number of hydrogen-bond donors (Lipinski definition) is 0. The Kier molecular flexibility index (Phi) is 6.51. The molecule has 0 spiro atoms. The largest absolute Gasteiger partial charge is 0.462 e. The molecule has 2 atom stereocenters. The first-order chi connectivity index (χ1) is 12.8. The summed E-state index contributed by atoms with van der Waals surface area (Å²) in [5, 5.41) is 0. The van der Waals surface area contributed by atoms with E-state index in [1.165, 1.54) is 0 Å². The van der Waals surface area contributed by atoms with Crippen LogP contribution in [0.15, 0.2) is 57.5 Å². The molecule has 8 heteroatoms. The maximum absolute atomic E-state index is 12.1. The third-order valence-corrected chi connectivity index (χ3v) is 6.49. The number of rotatable bonds is 6. The molecule has 1 fully saturated rings. The molecule has 0 bridgehead atoms. The van der Waals surface area contributed by atoms with Crippen LogP contribution in [0.3, 0.4) is 0 Å². The average Bonchev–Trinajstić information content (AvgIpc) is 3.18. The Bertz CT molecular complexity index is 768. The van der Waals surface area contributed by atoms with Crippen LogP contribution in [0, 0.1) is 11.8 Å². The monoisotopic (exact) mass is 534 g/mol. The average molecular weight is 537 g/mol. The zero-order chi connectivity index (χ0) is 19.6. The fraction of sp³-hybridized carbons (Fsp3) is 0.263. The molecule has 0 heterocycles. The zero-order valence-electron chi connectivity index (χ0n) is 13.8. The van der Waals surface area contributed by atoms with Crippen LogP contribution in [0.1, 0.15) is 20.7 Å². The summed E-state index contributed by atoms with van der Waals surface area (Å²) in [6.45, 7) is 0.116. The van der Waals surface area contributed by atoms with Crippen molar-refractivity contribution in [3.63, 3.8) is 0 Å². The second-order valence-electron chi connectivity index (χ2n) is 6.10. The van der Waals surface area contributed by atoms with Gasteiger partial charge >= 0.3 is 11.9 Å². The van der Waals surface area contributed by atoms with Crippen molar-refractivity contribution in [2.45, 2.75) is 4.33 Å². The lowest BCUT2D eigenvalue weighted by Gasteiger charge is -2.05. The van der Waals surface area contributed by atoms with Crippen molar-refractivity contribution in [3.8, 4) is 0 Å². The van der Waals surface area contributed by atoms with E-state index in [4.69, 9.17) is 32.7 Å². The Labute approximate surface area is 183 Å². The molecule has 0 amide bonds. The molecule has 1 aliphatic carbocycles. The van der Waals surface area contributed by atoms with Crippen LogP contribution in [-0.2, 0) is 9.47 Å². The lowest BCUT2D eigenvalue weighted by atomic mass is 10.2. The van der Waals surface area contributed by atoms with Crippen molar-refractivity contribution in [3.05, 3.63) is 68.6 Å². The molecule has 0 saturated heterocycles. The minimum atomic E-state index is -1.08. The van der Waals surface area contributed by atoms with Gasteiger partial charge in [-0.2, -0.15) is 0 Å². The minimum absolute atomic E-state index is 0.0579. The number of esters is 2. The molecule has 4 nitrogen and oxygen atoms in total. The van der Waals surface area contributed by atoms with E-state index < -0.39 is 16.3 Å². The second kappa shape index (κ2) is 8.52. The summed E-state index contributed by atoms with van der Waals surface area (Å²) in [7, 11) is 0. The Hall–Kier alpha value is -1.08. The SMILES string of the molecule is O=C(OCC1C(COC(=O)c2ccc(Br)cc2)C1(Cl)Cl)c1ccc(Br)cc1. The molecule has 3 rings (SSSR count). The van der Waals surface area contributed by atoms with Gasteiger partial charge in [0.25, 0.3) is 0 Å². The topological polar surface area (TPSA) is 52.6 Å². The molecule has 0 N–H and O–H groups in total. The quantitative estimate of drug-likeness (QED) is 0.354. The fourth-order valence-corrected chi connectivity index (χ4v) is 3.85. The van der Waals surface area contributed by atoms with Gasteiger partial charge in [0.1, 0.15) is 4.33 Å². The van der Waals surface area contributed by atoms with E-state index in [-0.39, 0.29) is 25.0 Å². The zero-order valence-corrected chi connectivity index (χ0v) is 18.5. The second-order valence-corrected chi connectivity index (χ2v) is 9.37. The van der Waals surface area contributed by atoms with Crippen molar-refractivity contribution in [1.29, 1.82) is 0 Å². The van der Waals surface area contributed by atoms with Gasteiger partial charge in [0.05, 0.1) is 24.3 Å². The third-order valence-electron chi connectivity index (χ3n) is 4.31. The smallest absolute Gasteiger partial charge is 0.338 e. The minimum Gasteiger partial charge on any atom is -0.462 e. The number of alkyl halides is 2. The van der Waals surface area contributed by atoms with Gasteiger partial charge in [-0.05, 0) is 48.5 Å². The first-order valence-electron chi connectivity index (χ1n) is 8.02. The number of halogens is 4. The Balaban J connectivity index is 1.49. The number of ether oxygens (including phenoxy) is 2. The summed E-state index contributed by atoms with van der Waals surface area (Å²) in [4.78, 5) is 24.1. The van der Waals surface area contributed by atoms with Crippen molar-refractivity contribution < 1.29 is 19.1 Å². The standard InChI is InChI=1S/C19H14Br2Cl2O4/c20-13-5-1-11(2-6-13)17(24)26-9-15-16(19(15,22)23)10-27-18(25)12-3-7-14(21)8-4-12/h1-8,15-16H,9-10H2. The van der Waals surface area contributed by atoms with E-state index in [1.807, 2.05) is 0 Å². The summed E-state index contributed by atoms with van der Waals surface area (Å²) < 4.78 is 11.2. The molecule has 2 aromatic carbocycles. The van der Waals surface area contributed by atoms with Gasteiger partial charge in [0.15, 0.2) is 0 Å². The summed E-state index contributed by atoms with van der Waals surface area (Å²) in [5.74, 6) is -1.50. The predicted octanol–water partition coefficient (Wildman–Crippen LogP) is 5.65. The van der Waals surface area contributed by atoms with Crippen LogP contribution >= 0.6 is 55.1 Å². The maximum Gasteiger partial charge on any atom is 0.338 e. The lowest BCUT2D eigenvalue weighted by Crippen LogP contribution is -2.11. The van der Waals surface area contributed by atoms with Gasteiger partial charge in [-0.25, -0.2) is 9.59 Å². The summed E-state index contributed by atoms with van der Waals surface area (Å²) >= 11 is 19.1. The molecule has 27 heavy (non-hydrogen) atoms. The molecule has 0 aromatic heterocycles. The van der Waals surface area contributed by atoms with Gasteiger partial charge in [0.2, 0.25) is 0 Å². The maximum atomic E-state index is 12.1. The Morgan fingerprint density at radius 1 is 0.778 bits per heavy atom. The van der Waals surface area contributed by atoms with Crippen molar-refractivity contribution in [1.82, 2.24) is 0 Å². The third kappa shape index (κ3) is 5.05. The van der Waals surface area contributed by atoms with Crippen LogP contribution in [0.4, 0.5) is 0 Å². The highest BCUT2D eigenvalue weighted by atomic mass is 79.9. The number of carbonyl (C=O) groups excluding carboxylic acids is 2. The molecule has 1 aliphatic rings. The molecular weight excluding hydrogens is 523 g/mol. The lowest BCUT2D eigenvalue weighted by molar-refractivity contribution is 0.0419. The Morgan fingerprint density at radius 3 is 1.44 bits per heavy atom. The highest BCUT2D eigenvalue weighted by molar-refractivity contribution is 9.10. The number of hydrogen-bond acceptors (Lipinski definition) is 4. The van der Waals surface area contributed by atoms with E-state index in [9.17, 15) is 9.59 Å². The van der Waals surface area contributed by atoms with Crippen LogP contribution in [-0.4, -0.2) is 29.5 Å². The van der Waals surface area contributed by atoms with E-state index in [2.05, 4.69) is 31.9 Å². The summed E-state index contributed by atoms with van der Waals surface area (Å²) in [6, 6.07) is 13.7. The predicted molar refractivity (Wildman–Crippen MR) is 110 cm³/mol. The summed E-state index contributed by atoms with van der Waals surface area (Å²) in [6.07, 6.45) is 0. The molecule has 2 unspecified atom stereocenters. The van der Waals surface area contributed by atoms with E-state index in [1.54, 1.807) is 48.5 Å². The van der Waals surface area contributed by atoms with Crippen LogP contribution < -0.4 is 0 Å². The van der Waals surface area contributed by atoms with Crippen molar-refractivity contribution in [2.24, 2.45) is 11.8 Å². The highest BCUT2D eigenvalue weighted by Crippen LogP contribution is 2.59. The Morgan fingerprint density at radius 2 is 1.11 bits per heavy atom. The normalized spacial score (nSPS) is 20.0. The molecular formula is C19H14Br2Cl2O4. The first-order valence-corrected chi connectivity index (χ1v) is 10.4. The van der Waals surface area contributed by atoms with Crippen molar-refractivity contribution in [2.75, 3.05) is 13.2 Å². The molecule has 1 saturated carbocycles. The summed E-state index contributed by atoms with van der Waals surface area (Å²) in [5.41, 5.74) is 0.874. The van der Waals surface area contributed by atoms with E-state index >= 15 is 0 Å². The van der Waals surface area contributed by atoms with Crippen LogP contribution in [0.25, 0.3) is 0 Å². The molecule has 142 valence electrons. The first kappa shape index (κ1) is 20.6. The highest BCUT2D eigenvalue weighted by Gasteiger charge is 2.64. The van der Waals surface area contributed by atoms with E-state index in [0.29, 0.717) is 11.1 Å². The van der Waals surface area contributed by atoms with Gasteiger partial charge in [0, 0.05) is 20.8 Å². The molecule has 2 aromatic rings. The van der Waals surface area contributed by atoms with Gasteiger partial charge in [-0.3, -0.25) is 0 Å². The van der Waals surface area contributed by atoms with Gasteiger partial charge < -0.3 is 9.47 Å². The molecule has 0 aliphatic heterocycles. The molecule has 0 radical (unpaired) electrons. The number of benzene rings is 2. The number of carbonyl (C=O) groups is 2. The van der Waals surface area contributed by atoms with Gasteiger partial charge in [-0.15, -0.1) is 23.2 Å².